The van der Waals surface area contributed by atoms with Crippen LogP contribution in [0.5, 0.6) is 0 Å². The maximum absolute atomic E-state index is 11.7. The van der Waals surface area contributed by atoms with Gasteiger partial charge < -0.3 is 4.74 Å². The zero-order chi connectivity index (χ0) is 11.5. The number of methoxy groups -OCH3 is 1. The molecule has 1 N–H and O–H groups in total. The highest BCUT2D eigenvalue weighted by molar-refractivity contribution is 5.99. The first-order chi connectivity index (χ1) is 7.03. The fourth-order valence-corrected chi connectivity index (χ4v) is 2.32. The van der Waals surface area contributed by atoms with Crippen molar-refractivity contribution in [3.8, 4) is 0 Å². The average molecular weight is 213 g/mol. The summed E-state index contributed by atoms with van der Waals surface area (Å²) in [6, 6.07) is 0. The lowest BCUT2D eigenvalue weighted by molar-refractivity contribution is -0.145. The number of rotatable bonds is 4. The molecule has 86 valence electrons. The molecule has 0 aromatic rings. The van der Waals surface area contributed by atoms with Crippen molar-refractivity contribution in [1.82, 2.24) is 5.32 Å². The second-order valence-corrected chi connectivity index (χ2v) is 4.52. The predicted molar refractivity (Wildman–Crippen MR) is 56.1 cm³/mol. The summed E-state index contributed by atoms with van der Waals surface area (Å²) in [6.45, 7) is 4.45. The first-order valence-corrected chi connectivity index (χ1v) is 5.36. The van der Waals surface area contributed by atoms with Gasteiger partial charge in [-0.25, -0.2) is 0 Å². The molecule has 2 atom stereocenters. The van der Waals surface area contributed by atoms with E-state index in [1.165, 1.54) is 0 Å². The van der Waals surface area contributed by atoms with Crippen LogP contribution in [0.4, 0.5) is 0 Å². The van der Waals surface area contributed by atoms with E-state index in [0.29, 0.717) is 13.0 Å². The molecule has 1 saturated heterocycles. The SMILES string of the molecule is CCCC1C(=O)NC(=O)CC1(C)COC. The summed E-state index contributed by atoms with van der Waals surface area (Å²) in [5.74, 6) is -0.445. The molecule has 0 aliphatic carbocycles. The fourth-order valence-electron chi connectivity index (χ4n) is 2.32. The monoisotopic (exact) mass is 213 g/mol. The zero-order valence-corrected chi connectivity index (χ0v) is 9.63. The number of hydrogen-bond donors (Lipinski definition) is 1. The Morgan fingerprint density at radius 2 is 2.20 bits per heavy atom. The van der Waals surface area contributed by atoms with Crippen molar-refractivity contribution >= 4 is 11.8 Å². The van der Waals surface area contributed by atoms with E-state index in [2.05, 4.69) is 5.32 Å². The summed E-state index contributed by atoms with van der Waals surface area (Å²) in [5, 5.41) is 2.39. The molecule has 1 heterocycles. The molecule has 0 spiro atoms. The average Bonchev–Trinajstić information content (AvgIpc) is 2.11. The van der Waals surface area contributed by atoms with Gasteiger partial charge in [-0.15, -0.1) is 0 Å². The number of carbonyl (C=O) groups excluding carboxylic acids is 2. The van der Waals surface area contributed by atoms with Crippen molar-refractivity contribution in [2.24, 2.45) is 11.3 Å². The van der Waals surface area contributed by atoms with Crippen LogP contribution >= 0.6 is 0 Å². The van der Waals surface area contributed by atoms with Crippen molar-refractivity contribution in [1.29, 1.82) is 0 Å². The van der Waals surface area contributed by atoms with Gasteiger partial charge in [0.1, 0.15) is 0 Å². The van der Waals surface area contributed by atoms with Gasteiger partial charge >= 0.3 is 0 Å². The molecular weight excluding hydrogens is 194 g/mol. The first-order valence-electron chi connectivity index (χ1n) is 5.36. The Bertz CT molecular complexity index is 265. The number of amides is 2. The van der Waals surface area contributed by atoms with Gasteiger partial charge in [0.25, 0.3) is 0 Å². The summed E-state index contributed by atoms with van der Waals surface area (Å²) < 4.78 is 5.13. The van der Waals surface area contributed by atoms with E-state index in [9.17, 15) is 9.59 Å². The van der Waals surface area contributed by atoms with E-state index >= 15 is 0 Å². The van der Waals surface area contributed by atoms with Crippen molar-refractivity contribution in [3.63, 3.8) is 0 Å². The summed E-state index contributed by atoms with van der Waals surface area (Å²) in [5.41, 5.74) is -0.343. The Morgan fingerprint density at radius 3 is 2.73 bits per heavy atom. The van der Waals surface area contributed by atoms with Crippen LogP contribution in [0.2, 0.25) is 0 Å². The summed E-state index contributed by atoms with van der Waals surface area (Å²) >= 11 is 0. The van der Waals surface area contributed by atoms with Crippen molar-refractivity contribution in [3.05, 3.63) is 0 Å². The van der Waals surface area contributed by atoms with Gasteiger partial charge in [-0.05, 0) is 6.42 Å². The predicted octanol–water partition coefficient (Wildman–Crippen LogP) is 1.10. The highest BCUT2D eigenvalue weighted by Crippen LogP contribution is 2.37. The Balaban J connectivity index is 2.85. The van der Waals surface area contributed by atoms with E-state index < -0.39 is 0 Å². The van der Waals surface area contributed by atoms with Crippen LogP contribution in [-0.4, -0.2) is 25.5 Å². The van der Waals surface area contributed by atoms with E-state index in [1.807, 2.05) is 13.8 Å². The number of piperidine rings is 1. The van der Waals surface area contributed by atoms with Crippen LogP contribution in [0, 0.1) is 11.3 Å². The van der Waals surface area contributed by atoms with Crippen LogP contribution in [0.3, 0.4) is 0 Å². The fraction of sp³-hybridized carbons (Fsp3) is 0.818. The van der Waals surface area contributed by atoms with Crippen LogP contribution in [0.1, 0.15) is 33.1 Å². The van der Waals surface area contributed by atoms with Gasteiger partial charge in [0.15, 0.2) is 0 Å². The topological polar surface area (TPSA) is 55.4 Å². The molecule has 1 fully saturated rings. The minimum absolute atomic E-state index is 0.111. The third-order valence-electron chi connectivity index (χ3n) is 3.04. The van der Waals surface area contributed by atoms with Gasteiger partial charge in [0, 0.05) is 24.9 Å². The number of carbonyl (C=O) groups is 2. The Hall–Kier alpha value is -0.900. The van der Waals surface area contributed by atoms with Gasteiger partial charge in [-0.2, -0.15) is 0 Å². The lowest BCUT2D eigenvalue weighted by Crippen LogP contribution is -2.52. The largest absolute Gasteiger partial charge is 0.384 e. The molecule has 4 nitrogen and oxygen atoms in total. The summed E-state index contributed by atoms with van der Waals surface area (Å²) in [7, 11) is 1.60. The highest BCUT2D eigenvalue weighted by Gasteiger charge is 2.44. The molecule has 2 amide bonds. The smallest absolute Gasteiger partial charge is 0.230 e. The molecule has 0 aromatic carbocycles. The molecule has 1 rings (SSSR count). The van der Waals surface area contributed by atoms with Crippen molar-refractivity contribution in [2.75, 3.05) is 13.7 Å². The minimum Gasteiger partial charge on any atom is -0.384 e. The van der Waals surface area contributed by atoms with Gasteiger partial charge in [-0.3, -0.25) is 14.9 Å². The third-order valence-corrected chi connectivity index (χ3v) is 3.04. The molecule has 0 saturated carbocycles. The maximum atomic E-state index is 11.7. The van der Waals surface area contributed by atoms with Crippen LogP contribution in [0.25, 0.3) is 0 Å². The number of imide groups is 1. The molecule has 0 aromatic heterocycles. The Morgan fingerprint density at radius 1 is 1.53 bits per heavy atom. The lowest BCUT2D eigenvalue weighted by atomic mass is 9.70. The molecule has 2 unspecified atom stereocenters. The van der Waals surface area contributed by atoms with Gasteiger partial charge in [0.2, 0.25) is 11.8 Å². The van der Waals surface area contributed by atoms with Gasteiger partial charge in [-0.1, -0.05) is 20.3 Å². The Kier molecular flexibility index (Phi) is 3.85. The molecule has 15 heavy (non-hydrogen) atoms. The summed E-state index contributed by atoms with van der Waals surface area (Å²) in [6.07, 6.45) is 2.11. The number of ether oxygens (including phenoxy) is 1. The molecule has 1 aliphatic rings. The van der Waals surface area contributed by atoms with Crippen LogP contribution in [-0.2, 0) is 14.3 Å². The van der Waals surface area contributed by atoms with E-state index in [-0.39, 0.29) is 23.1 Å². The van der Waals surface area contributed by atoms with E-state index in [1.54, 1.807) is 7.11 Å². The molecule has 1 aliphatic heterocycles. The number of hydrogen-bond acceptors (Lipinski definition) is 3. The second-order valence-electron chi connectivity index (χ2n) is 4.52. The zero-order valence-electron chi connectivity index (χ0n) is 9.63. The quantitative estimate of drug-likeness (QED) is 0.711. The van der Waals surface area contributed by atoms with Gasteiger partial charge in [0.05, 0.1) is 6.61 Å². The van der Waals surface area contributed by atoms with E-state index in [0.717, 1.165) is 12.8 Å². The third kappa shape index (κ3) is 2.56. The Labute approximate surface area is 90.4 Å². The summed E-state index contributed by atoms with van der Waals surface area (Å²) in [4.78, 5) is 23.0. The van der Waals surface area contributed by atoms with Crippen molar-refractivity contribution < 1.29 is 14.3 Å². The van der Waals surface area contributed by atoms with E-state index in [4.69, 9.17) is 4.74 Å². The van der Waals surface area contributed by atoms with Crippen LogP contribution < -0.4 is 5.32 Å². The lowest BCUT2D eigenvalue weighted by Gasteiger charge is -2.39. The molecule has 4 heteroatoms. The highest BCUT2D eigenvalue weighted by atomic mass is 16.5. The van der Waals surface area contributed by atoms with Crippen molar-refractivity contribution in [2.45, 2.75) is 33.1 Å². The second kappa shape index (κ2) is 4.75. The maximum Gasteiger partial charge on any atom is 0.230 e. The molecule has 0 bridgehead atoms. The minimum atomic E-state index is -0.343. The molecular formula is C11H19NO3. The standard InChI is InChI=1S/C11H19NO3/c1-4-5-8-10(14)12-9(13)6-11(8,2)7-15-3/h8H,4-7H2,1-3H3,(H,12,13,14). The molecule has 0 radical (unpaired) electrons. The normalized spacial score (nSPS) is 31.5. The number of nitrogens with one attached hydrogen (secondary N) is 1. The van der Waals surface area contributed by atoms with Crippen LogP contribution in [0.15, 0.2) is 0 Å². The first kappa shape index (κ1) is 12.2.